The van der Waals surface area contributed by atoms with Gasteiger partial charge >= 0.3 is 0 Å². The topological polar surface area (TPSA) is 40.2 Å². The Morgan fingerprint density at radius 2 is 1.24 bits per heavy atom. The Morgan fingerprint density at radius 1 is 0.655 bits per heavy atom. The van der Waals surface area contributed by atoms with Crippen molar-refractivity contribution in [2.45, 2.75) is 37.7 Å². The summed E-state index contributed by atoms with van der Waals surface area (Å²) >= 11 is 0. The van der Waals surface area contributed by atoms with Crippen LogP contribution in [0.5, 0.6) is 17.2 Å². The van der Waals surface area contributed by atoms with Crippen molar-refractivity contribution in [3.05, 3.63) is 148 Å². The Kier molecular flexibility index (Phi) is 9.23. The van der Waals surface area contributed by atoms with Crippen LogP contribution in [0.2, 0.25) is 0 Å². The summed E-state index contributed by atoms with van der Waals surface area (Å²) in [4.78, 5) is 2.29. The van der Waals surface area contributed by atoms with Gasteiger partial charge in [0.2, 0.25) is 5.82 Å². The Balaban J connectivity index is 1.33. The van der Waals surface area contributed by atoms with E-state index in [0.717, 1.165) is 68.5 Å². The van der Waals surface area contributed by atoms with Gasteiger partial charge in [0.15, 0.2) is 28.9 Å². The summed E-state index contributed by atoms with van der Waals surface area (Å²) in [6.07, 6.45) is 5.33. The van der Waals surface area contributed by atoms with Gasteiger partial charge in [0.1, 0.15) is 17.2 Å². The molecular formula is C48H40F5NO4. The Hall–Kier alpha value is -5.87. The van der Waals surface area contributed by atoms with E-state index in [1.165, 1.54) is 6.07 Å². The van der Waals surface area contributed by atoms with Crippen LogP contribution in [0.15, 0.2) is 91.0 Å². The number of anilines is 1. The number of hydrogen-bond acceptors (Lipinski definition) is 5. The molecule has 6 aromatic carbocycles. The average Bonchev–Trinajstić information content (AvgIpc) is 3.57. The standard InChI is InChI=1S/C48H40F5NO4/c1-5-47(6-2)37-25-27(38-41(49)43(51)45(53)44(52)42(38)50)7-17-34(37)39-33-18-12-30(54-21-23-57-24-22-54)26-36(33)46-35(40(39)47)19-20-48(58-46,28-8-13-31(55-3)14-9-28)29-10-15-32(56-4)16-11-29/h7-20,25-26H,5-6,21-24H2,1-4H3. The van der Waals surface area contributed by atoms with E-state index < -0.39 is 45.7 Å². The summed E-state index contributed by atoms with van der Waals surface area (Å²) in [7, 11) is 3.25. The van der Waals surface area contributed by atoms with Crippen LogP contribution in [0.4, 0.5) is 27.6 Å². The van der Waals surface area contributed by atoms with Crippen molar-refractivity contribution in [1.82, 2.24) is 0 Å². The maximum atomic E-state index is 15.3. The third-order valence-corrected chi connectivity index (χ3v) is 12.4. The van der Waals surface area contributed by atoms with Crippen LogP contribution in [0.1, 0.15) is 54.5 Å². The number of halogens is 5. The lowest BCUT2D eigenvalue weighted by Gasteiger charge is -2.39. The minimum Gasteiger partial charge on any atom is -0.497 e. The van der Waals surface area contributed by atoms with Gasteiger partial charge in [0, 0.05) is 46.3 Å². The number of ether oxygens (including phenoxy) is 4. The molecule has 5 nitrogen and oxygen atoms in total. The lowest BCUT2D eigenvalue weighted by molar-refractivity contribution is 0.122. The van der Waals surface area contributed by atoms with Gasteiger partial charge in [0.05, 0.1) is 33.0 Å². The molecule has 1 fully saturated rings. The normalized spacial score (nSPS) is 16.1. The van der Waals surface area contributed by atoms with Gasteiger partial charge in [-0.2, -0.15) is 0 Å². The molecule has 0 aromatic heterocycles. The zero-order valence-corrected chi connectivity index (χ0v) is 32.5. The van der Waals surface area contributed by atoms with E-state index in [9.17, 15) is 13.2 Å². The van der Waals surface area contributed by atoms with Gasteiger partial charge in [0.25, 0.3) is 0 Å². The first-order valence-electron chi connectivity index (χ1n) is 19.4. The van der Waals surface area contributed by atoms with E-state index in [-0.39, 0.29) is 5.56 Å². The SMILES string of the molecule is CCC1(CC)c2cc(-c3c(F)c(F)c(F)c(F)c3F)ccc2-c2c1c1c(c3cc(N4CCOCC4)ccc23)OC(c2ccc(OC)cc2)(c2ccc(OC)cc2)C=C1. The molecule has 0 unspecified atom stereocenters. The van der Waals surface area contributed by atoms with Crippen LogP contribution in [-0.4, -0.2) is 40.5 Å². The second kappa shape index (κ2) is 14.2. The summed E-state index contributed by atoms with van der Waals surface area (Å²) < 4.78 is 98.3. The Morgan fingerprint density at radius 3 is 1.81 bits per heavy atom. The number of nitrogens with zero attached hydrogens (tertiary/aromatic N) is 1. The molecule has 0 N–H and O–H groups in total. The number of fused-ring (bicyclic) bond motifs is 8. The molecule has 1 aliphatic carbocycles. The molecule has 1 saturated heterocycles. The zero-order chi connectivity index (χ0) is 40.5. The van der Waals surface area contributed by atoms with Gasteiger partial charge < -0.3 is 23.8 Å². The third kappa shape index (κ3) is 5.44. The molecule has 10 heteroatoms. The second-order valence-corrected chi connectivity index (χ2v) is 14.9. The molecule has 0 radical (unpaired) electrons. The van der Waals surface area contributed by atoms with Gasteiger partial charge in [-0.05, 0) is 94.6 Å². The fourth-order valence-corrected chi connectivity index (χ4v) is 9.37. The molecule has 0 bridgehead atoms. The van der Waals surface area contributed by atoms with Crippen molar-refractivity contribution >= 4 is 22.5 Å². The van der Waals surface area contributed by atoms with Gasteiger partial charge in [-0.15, -0.1) is 0 Å². The van der Waals surface area contributed by atoms with Crippen molar-refractivity contribution in [1.29, 1.82) is 0 Å². The van der Waals surface area contributed by atoms with E-state index in [2.05, 4.69) is 49.1 Å². The quantitative estimate of drug-likeness (QED) is 0.0873. The largest absolute Gasteiger partial charge is 0.497 e. The maximum Gasteiger partial charge on any atom is 0.200 e. The van der Waals surface area contributed by atoms with E-state index in [0.29, 0.717) is 43.3 Å². The van der Waals surface area contributed by atoms with E-state index in [1.54, 1.807) is 26.4 Å². The third-order valence-electron chi connectivity index (χ3n) is 12.4. The fourth-order valence-electron chi connectivity index (χ4n) is 9.37. The molecular weight excluding hydrogens is 750 g/mol. The van der Waals surface area contributed by atoms with Crippen LogP contribution < -0.4 is 19.1 Å². The van der Waals surface area contributed by atoms with Gasteiger partial charge in [-0.3, -0.25) is 0 Å². The van der Waals surface area contributed by atoms with E-state index in [1.807, 2.05) is 48.5 Å². The molecule has 2 aliphatic heterocycles. The summed E-state index contributed by atoms with van der Waals surface area (Å²) in [5.41, 5.74) is 4.24. The summed E-state index contributed by atoms with van der Waals surface area (Å²) in [6.45, 7) is 6.76. The van der Waals surface area contributed by atoms with Crippen molar-refractivity contribution in [3.8, 4) is 39.5 Å². The zero-order valence-electron chi connectivity index (χ0n) is 32.5. The monoisotopic (exact) mass is 789 g/mol. The van der Waals surface area contributed by atoms with Gasteiger partial charge in [-0.1, -0.05) is 62.4 Å². The highest BCUT2D eigenvalue weighted by Crippen LogP contribution is 2.61. The minimum absolute atomic E-state index is 0.0942. The molecule has 9 rings (SSSR count). The molecule has 6 aromatic rings. The van der Waals surface area contributed by atoms with Crippen LogP contribution in [-0.2, 0) is 15.8 Å². The lowest BCUT2D eigenvalue weighted by Crippen LogP contribution is -2.36. The maximum absolute atomic E-state index is 15.3. The van der Waals surface area contributed by atoms with Crippen LogP contribution in [0.25, 0.3) is 39.1 Å². The summed E-state index contributed by atoms with van der Waals surface area (Å²) in [6, 6.07) is 26.8. The number of morpholine rings is 1. The summed E-state index contributed by atoms with van der Waals surface area (Å²) in [5, 5.41) is 1.78. The van der Waals surface area contributed by atoms with E-state index in [4.69, 9.17) is 18.9 Å². The van der Waals surface area contributed by atoms with Crippen LogP contribution in [0.3, 0.4) is 0 Å². The predicted molar refractivity (Wildman–Crippen MR) is 215 cm³/mol. The molecule has 0 atom stereocenters. The molecule has 296 valence electrons. The van der Waals surface area contributed by atoms with Crippen molar-refractivity contribution in [3.63, 3.8) is 0 Å². The number of rotatable bonds is 8. The highest BCUT2D eigenvalue weighted by molar-refractivity contribution is 6.09. The van der Waals surface area contributed by atoms with Crippen molar-refractivity contribution in [2.24, 2.45) is 0 Å². The number of hydrogen-bond donors (Lipinski definition) is 0. The van der Waals surface area contributed by atoms with Crippen LogP contribution in [0, 0.1) is 29.1 Å². The van der Waals surface area contributed by atoms with E-state index >= 15 is 8.78 Å². The highest BCUT2D eigenvalue weighted by atomic mass is 19.2. The number of benzene rings is 6. The lowest BCUT2D eigenvalue weighted by atomic mass is 9.70. The minimum atomic E-state index is -2.19. The van der Waals surface area contributed by atoms with Crippen LogP contribution >= 0.6 is 0 Å². The Labute approximate surface area is 333 Å². The fraction of sp³-hybridized carbons (Fsp3) is 0.250. The average molecular weight is 790 g/mol. The second-order valence-electron chi connectivity index (χ2n) is 14.9. The molecule has 58 heavy (non-hydrogen) atoms. The first kappa shape index (κ1) is 37.7. The van der Waals surface area contributed by atoms with Crippen molar-refractivity contribution < 1.29 is 40.9 Å². The van der Waals surface area contributed by atoms with Crippen molar-refractivity contribution in [2.75, 3.05) is 45.4 Å². The Bertz CT molecular complexity index is 2550. The highest BCUT2D eigenvalue weighted by Gasteiger charge is 2.47. The molecule has 3 aliphatic rings. The molecule has 0 amide bonds. The first-order chi connectivity index (χ1) is 28.1. The molecule has 2 heterocycles. The first-order valence-corrected chi connectivity index (χ1v) is 19.4. The molecule has 0 saturated carbocycles. The van der Waals surface area contributed by atoms with Gasteiger partial charge in [-0.25, -0.2) is 22.0 Å². The number of methoxy groups -OCH3 is 2. The molecule has 0 spiro atoms. The smallest absolute Gasteiger partial charge is 0.200 e. The predicted octanol–water partition coefficient (Wildman–Crippen LogP) is 11.5. The summed E-state index contributed by atoms with van der Waals surface area (Å²) in [5.74, 6) is -7.82.